The minimum absolute atomic E-state index is 0.370. The van der Waals surface area contributed by atoms with Gasteiger partial charge in [-0.3, -0.25) is 0 Å². The summed E-state index contributed by atoms with van der Waals surface area (Å²) in [5.41, 5.74) is 1.59. The molecule has 0 saturated carbocycles. The van der Waals surface area contributed by atoms with Gasteiger partial charge in [-0.2, -0.15) is 0 Å². The van der Waals surface area contributed by atoms with Gasteiger partial charge in [0, 0.05) is 28.2 Å². The summed E-state index contributed by atoms with van der Waals surface area (Å²) in [4.78, 5) is 4.13. The molecule has 1 fully saturated rings. The third-order valence-electron chi connectivity index (χ3n) is 3.57. The first kappa shape index (κ1) is 16.0. The van der Waals surface area contributed by atoms with Crippen molar-refractivity contribution in [2.45, 2.75) is 18.6 Å². The average Bonchev–Trinajstić information content (AvgIpc) is 2.51. The lowest BCUT2D eigenvalue weighted by Gasteiger charge is -2.38. The highest BCUT2D eigenvalue weighted by Crippen LogP contribution is 2.39. The van der Waals surface area contributed by atoms with E-state index in [0.29, 0.717) is 40.4 Å². The van der Waals surface area contributed by atoms with E-state index in [0.717, 1.165) is 12.0 Å². The summed E-state index contributed by atoms with van der Waals surface area (Å²) in [5.74, 6) is -0.971. The third-order valence-corrected chi connectivity index (χ3v) is 4.45. The van der Waals surface area contributed by atoms with Crippen LogP contribution in [0.2, 0.25) is 15.2 Å². The second-order valence-corrected chi connectivity index (χ2v) is 6.26. The topological polar surface area (TPSA) is 31.4 Å². The molecule has 0 spiro atoms. The number of halogens is 3. The van der Waals surface area contributed by atoms with Gasteiger partial charge in [0.15, 0.2) is 0 Å². The van der Waals surface area contributed by atoms with Crippen molar-refractivity contribution in [3.63, 3.8) is 0 Å². The van der Waals surface area contributed by atoms with Crippen LogP contribution in [0, 0.1) is 0 Å². The SMILES string of the molecule is Clc1ccc(CC2(c3cccnc3Cl)OCCCO2)c(Cl)c1. The maximum absolute atomic E-state index is 6.29. The number of pyridine rings is 1. The lowest BCUT2D eigenvalue weighted by atomic mass is 9.97. The standard InChI is InChI=1S/C16H14Cl3NO2/c17-12-5-4-11(14(18)9-12)10-16(21-7-2-8-22-16)13-3-1-6-20-15(13)19/h1,3-6,9H,2,7-8,10H2. The molecule has 0 aliphatic carbocycles. The van der Waals surface area contributed by atoms with Gasteiger partial charge >= 0.3 is 0 Å². The largest absolute Gasteiger partial charge is 0.345 e. The molecule has 1 aliphatic rings. The number of benzene rings is 1. The zero-order valence-corrected chi connectivity index (χ0v) is 14.0. The molecule has 0 amide bonds. The molecule has 6 heteroatoms. The molecule has 22 heavy (non-hydrogen) atoms. The highest BCUT2D eigenvalue weighted by molar-refractivity contribution is 6.35. The van der Waals surface area contributed by atoms with Crippen molar-refractivity contribution >= 4 is 34.8 Å². The summed E-state index contributed by atoms with van der Waals surface area (Å²) >= 11 is 18.5. The zero-order valence-electron chi connectivity index (χ0n) is 11.7. The second kappa shape index (κ2) is 6.73. The summed E-state index contributed by atoms with van der Waals surface area (Å²) in [6.45, 7) is 1.19. The van der Waals surface area contributed by atoms with Crippen LogP contribution in [-0.2, 0) is 21.7 Å². The Bertz CT molecular complexity index is 672. The van der Waals surface area contributed by atoms with E-state index in [1.165, 1.54) is 0 Å². The van der Waals surface area contributed by atoms with Gasteiger partial charge in [-0.05, 0) is 36.2 Å². The highest BCUT2D eigenvalue weighted by Gasteiger charge is 2.39. The Morgan fingerprint density at radius 2 is 1.86 bits per heavy atom. The average molecular weight is 359 g/mol. The van der Waals surface area contributed by atoms with Crippen molar-refractivity contribution < 1.29 is 9.47 Å². The molecule has 1 aliphatic heterocycles. The third kappa shape index (κ3) is 3.24. The summed E-state index contributed by atoms with van der Waals surface area (Å²) in [6, 6.07) is 9.06. The van der Waals surface area contributed by atoms with E-state index in [9.17, 15) is 0 Å². The Balaban J connectivity index is 2.01. The quantitative estimate of drug-likeness (QED) is 0.733. The van der Waals surface area contributed by atoms with E-state index in [1.807, 2.05) is 18.2 Å². The van der Waals surface area contributed by atoms with E-state index in [1.54, 1.807) is 18.3 Å². The first-order valence-electron chi connectivity index (χ1n) is 6.93. The summed E-state index contributed by atoms with van der Waals surface area (Å²) in [5, 5.41) is 1.53. The van der Waals surface area contributed by atoms with Gasteiger partial charge in [-0.1, -0.05) is 40.9 Å². The van der Waals surface area contributed by atoms with Crippen molar-refractivity contribution in [1.82, 2.24) is 4.98 Å². The van der Waals surface area contributed by atoms with Crippen LogP contribution in [0.3, 0.4) is 0 Å². The Morgan fingerprint density at radius 3 is 2.55 bits per heavy atom. The molecule has 3 nitrogen and oxygen atoms in total. The highest BCUT2D eigenvalue weighted by atomic mass is 35.5. The van der Waals surface area contributed by atoms with Gasteiger partial charge in [-0.25, -0.2) is 4.98 Å². The fourth-order valence-electron chi connectivity index (χ4n) is 2.51. The van der Waals surface area contributed by atoms with E-state index < -0.39 is 5.79 Å². The molecule has 116 valence electrons. The van der Waals surface area contributed by atoms with Gasteiger partial charge in [0.25, 0.3) is 0 Å². The summed E-state index contributed by atoms with van der Waals surface area (Å²) < 4.78 is 12.0. The Morgan fingerprint density at radius 1 is 1.09 bits per heavy atom. The van der Waals surface area contributed by atoms with Crippen LogP contribution in [0.4, 0.5) is 0 Å². The smallest absolute Gasteiger partial charge is 0.202 e. The van der Waals surface area contributed by atoms with Gasteiger partial charge in [0.2, 0.25) is 5.79 Å². The predicted octanol–water partition coefficient (Wildman–Crippen LogP) is 4.87. The zero-order chi connectivity index (χ0) is 15.6. The molecular weight excluding hydrogens is 345 g/mol. The maximum Gasteiger partial charge on any atom is 0.202 e. The predicted molar refractivity (Wildman–Crippen MR) is 87.6 cm³/mol. The molecular formula is C16H14Cl3NO2. The molecule has 0 unspecified atom stereocenters. The Kier molecular flexibility index (Phi) is 4.91. The summed E-state index contributed by atoms with van der Waals surface area (Å²) in [7, 11) is 0. The van der Waals surface area contributed by atoms with Crippen molar-refractivity contribution in [2.24, 2.45) is 0 Å². The first-order chi connectivity index (χ1) is 10.6. The van der Waals surface area contributed by atoms with Gasteiger partial charge in [-0.15, -0.1) is 0 Å². The fourth-order valence-corrected chi connectivity index (χ4v) is 3.25. The molecule has 0 N–H and O–H groups in total. The monoisotopic (exact) mass is 357 g/mol. The lowest BCUT2D eigenvalue weighted by molar-refractivity contribution is -0.275. The molecule has 0 radical (unpaired) electrons. The van der Waals surface area contributed by atoms with Crippen LogP contribution in [0.5, 0.6) is 0 Å². The number of ether oxygens (including phenoxy) is 2. The first-order valence-corrected chi connectivity index (χ1v) is 8.07. The van der Waals surface area contributed by atoms with Crippen LogP contribution in [-0.4, -0.2) is 18.2 Å². The molecule has 2 heterocycles. The van der Waals surface area contributed by atoms with Crippen molar-refractivity contribution in [2.75, 3.05) is 13.2 Å². The Hall–Kier alpha value is -0.840. The van der Waals surface area contributed by atoms with Gasteiger partial charge in [0.05, 0.1) is 13.2 Å². The number of aromatic nitrogens is 1. The second-order valence-electron chi connectivity index (χ2n) is 5.06. The molecule has 2 aromatic rings. The fraction of sp³-hybridized carbons (Fsp3) is 0.312. The van der Waals surface area contributed by atoms with Crippen LogP contribution in [0.1, 0.15) is 17.5 Å². The molecule has 0 atom stereocenters. The van der Waals surface area contributed by atoms with Crippen molar-refractivity contribution in [3.8, 4) is 0 Å². The molecule has 1 aromatic heterocycles. The Labute approximate surface area is 144 Å². The molecule has 3 rings (SSSR count). The van der Waals surface area contributed by atoms with Crippen LogP contribution in [0.25, 0.3) is 0 Å². The van der Waals surface area contributed by atoms with Crippen molar-refractivity contribution in [3.05, 3.63) is 62.9 Å². The van der Waals surface area contributed by atoms with E-state index in [4.69, 9.17) is 44.3 Å². The lowest BCUT2D eigenvalue weighted by Crippen LogP contribution is -2.40. The van der Waals surface area contributed by atoms with Crippen LogP contribution in [0.15, 0.2) is 36.5 Å². The summed E-state index contributed by atoms with van der Waals surface area (Å²) in [6.07, 6.45) is 2.92. The number of nitrogens with zero attached hydrogens (tertiary/aromatic N) is 1. The molecule has 1 aromatic carbocycles. The minimum atomic E-state index is -0.971. The maximum atomic E-state index is 6.29. The number of hydrogen-bond donors (Lipinski definition) is 0. The van der Waals surface area contributed by atoms with Crippen molar-refractivity contribution in [1.29, 1.82) is 0 Å². The normalized spacial score (nSPS) is 17.4. The molecule has 1 saturated heterocycles. The van der Waals surface area contributed by atoms with Gasteiger partial charge in [0.1, 0.15) is 5.15 Å². The number of rotatable bonds is 3. The van der Waals surface area contributed by atoms with E-state index in [-0.39, 0.29) is 0 Å². The van der Waals surface area contributed by atoms with E-state index in [2.05, 4.69) is 4.98 Å². The number of hydrogen-bond acceptors (Lipinski definition) is 3. The molecule has 0 bridgehead atoms. The van der Waals surface area contributed by atoms with Crippen LogP contribution < -0.4 is 0 Å². The van der Waals surface area contributed by atoms with E-state index >= 15 is 0 Å². The van der Waals surface area contributed by atoms with Crippen LogP contribution >= 0.6 is 34.8 Å². The van der Waals surface area contributed by atoms with Gasteiger partial charge < -0.3 is 9.47 Å². The minimum Gasteiger partial charge on any atom is -0.345 e.